The van der Waals surface area contributed by atoms with Crippen LogP contribution in [0.5, 0.6) is 0 Å². The summed E-state index contributed by atoms with van der Waals surface area (Å²) in [6, 6.07) is 0.450. The second kappa shape index (κ2) is 4.84. The molecule has 0 spiro atoms. The minimum atomic E-state index is -0.00235. The highest BCUT2D eigenvalue weighted by Crippen LogP contribution is 2.41. The molecule has 1 aliphatic carbocycles. The normalized spacial score (nSPS) is 35.8. The molecule has 3 atom stereocenters. The lowest BCUT2D eigenvalue weighted by atomic mass is 9.91. The first-order valence-corrected chi connectivity index (χ1v) is 7.38. The van der Waals surface area contributed by atoms with Crippen molar-refractivity contribution in [3.63, 3.8) is 0 Å². The zero-order chi connectivity index (χ0) is 13.5. The molecule has 0 radical (unpaired) electrons. The van der Waals surface area contributed by atoms with Gasteiger partial charge in [-0.3, -0.25) is 10.1 Å². The highest BCUT2D eigenvalue weighted by atomic mass is 16.2. The molecule has 1 aliphatic heterocycles. The first-order chi connectivity index (χ1) is 8.30. The summed E-state index contributed by atoms with van der Waals surface area (Å²) in [5.74, 6) is 0.931. The van der Waals surface area contributed by atoms with Gasteiger partial charge in [0.05, 0.1) is 12.2 Å². The highest BCUT2D eigenvalue weighted by Gasteiger charge is 2.44. The van der Waals surface area contributed by atoms with Crippen molar-refractivity contribution in [1.82, 2.24) is 10.2 Å². The summed E-state index contributed by atoms with van der Waals surface area (Å²) in [6.45, 7) is 11.1. The lowest BCUT2D eigenvalue weighted by Crippen LogP contribution is -2.44. The van der Waals surface area contributed by atoms with Crippen molar-refractivity contribution in [3.05, 3.63) is 0 Å². The van der Waals surface area contributed by atoms with Crippen LogP contribution >= 0.6 is 0 Å². The maximum Gasteiger partial charge on any atom is 0.240 e. The molecule has 3 unspecified atom stereocenters. The molecule has 3 nitrogen and oxygen atoms in total. The van der Waals surface area contributed by atoms with Gasteiger partial charge in [-0.25, -0.2) is 0 Å². The zero-order valence-electron chi connectivity index (χ0n) is 12.5. The van der Waals surface area contributed by atoms with Gasteiger partial charge in [0, 0.05) is 6.04 Å². The highest BCUT2D eigenvalue weighted by molar-refractivity contribution is 5.84. The van der Waals surface area contributed by atoms with Gasteiger partial charge in [-0.2, -0.15) is 0 Å². The third-order valence-corrected chi connectivity index (χ3v) is 4.43. The van der Waals surface area contributed by atoms with E-state index in [-0.39, 0.29) is 12.2 Å². The van der Waals surface area contributed by atoms with E-state index in [0.717, 1.165) is 12.8 Å². The van der Waals surface area contributed by atoms with Crippen molar-refractivity contribution < 1.29 is 4.79 Å². The molecular formula is C15H28N2O. The molecule has 0 aromatic carbocycles. The predicted octanol–water partition coefficient (Wildman–Crippen LogP) is 2.76. The van der Waals surface area contributed by atoms with E-state index in [0.29, 0.717) is 23.3 Å². The van der Waals surface area contributed by atoms with Gasteiger partial charge in [-0.15, -0.1) is 0 Å². The van der Waals surface area contributed by atoms with Gasteiger partial charge >= 0.3 is 0 Å². The minimum absolute atomic E-state index is 0.00235. The predicted molar refractivity (Wildman–Crippen MR) is 74.1 cm³/mol. The Hall–Kier alpha value is -0.570. The fourth-order valence-corrected chi connectivity index (χ4v) is 3.52. The Labute approximate surface area is 111 Å². The number of rotatable bonds is 3. The molecule has 18 heavy (non-hydrogen) atoms. The molecule has 2 fully saturated rings. The summed E-state index contributed by atoms with van der Waals surface area (Å²) >= 11 is 0. The van der Waals surface area contributed by atoms with E-state index in [4.69, 9.17) is 0 Å². The maximum atomic E-state index is 12.4. The van der Waals surface area contributed by atoms with Crippen molar-refractivity contribution in [1.29, 1.82) is 0 Å². The number of carbonyl (C=O) groups is 1. The second-order valence-electron chi connectivity index (χ2n) is 7.34. The summed E-state index contributed by atoms with van der Waals surface area (Å²) in [6.07, 6.45) is 4.88. The second-order valence-corrected chi connectivity index (χ2v) is 7.34. The molecule has 1 saturated heterocycles. The van der Waals surface area contributed by atoms with Crippen molar-refractivity contribution in [2.45, 2.75) is 78.6 Å². The van der Waals surface area contributed by atoms with Gasteiger partial charge in [0.15, 0.2) is 0 Å². The standard InChI is InChI=1S/C15H28N2O/c1-10(2)8-13-16-11(3)14(18)17(13)12-6-7-15(4,5)9-12/h10-13,16H,6-9H2,1-5H3. The van der Waals surface area contributed by atoms with E-state index >= 15 is 0 Å². The zero-order valence-corrected chi connectivity index (χ0v) is 12.5. The molecule has 0 bridgehead atoms. The molecule has 0 aromatic heterocycles. The Balaban J connectivity index is 2.10. The number of amides is 1. The van der Waals surface area contributed by atoms with Crippen molar-refractivity contribution in [3.8, 4) is 0 Å². The summed E-state index contributed by atoms with van der Waals surface area (Å²) in [5.41, 5.74) is 0.402. The summed E-state index contributed by atoms with van der Waals surface area (Å²) in [7, 11) is 0. The number of carbonyl (C=O) groups excluding carboxylic acids is 1. The van der Waals surface area contributed by atoms with E-state index in [1.54, 1.807) is 0 Å². The average Bonchev–Trinajstić information content (AvgIpc) is 2.68. The van der Waals surface area contributed by atoms with Crippen LogP contribution in [-0.2, 0) is 4.79 Å². The molecule has 104 valence electrons. The first kappa shape index (κ1) is 13.9. The van der Waals surface area contributed by atoms with Crippen molar-refractivity contribution in [2.75, 3.05) is 0 Å². The SMILES string of the molecule is CC(C)CC1NC(C)C(=O)N1C1CCC(C)(C)C1. The third-order valence-electron chi connectivity index (χ3n) is 4.43. The fraction of sp³-hybridized carbons (Fsp3) is 0.933. The molecule has 1 N–H and O–H groups in total. The van der Waals surface area contributed by atoms with Crippen molar-refractivity contribution >= 4 is 5.91 Å². The van der Waals surface area contributed by atoms with E-state index in [2.05, 4.69) is 37.9 Å². The van der Waals surface area contributed by atoms with Gasteiger partial charge in [-0.1, -0.05) is 27.7 Å². The largest absolute Gasteiger partial charge is 0.323 e. The Morgan fingerprint density at radius 1 is 1.44 bits per heavy atom. The van der Waals surface area contributed by atoms with E-state index < -0.39 is 0 Å². The van der Waals surface area contributed by atoms with Crippen LogP contribution in [0.4, 0.5) is 0 Å². The van der Waals surface area contributed by atoms with Gasteiger partial charge in [-0.05, 0) is 43.9 Å². The first-order valence-electron chi connectivity index (χ1n) is 7.38. The molecule has 1 saturated carbocycles. The Bertz CT molecular complexity index is 322. The summed E-state index contributed by atoms with van der Waals surface area (Å²) < 4.78 is 0. The Morgan fingerprint density at radius 2 is 2.11 bits per heavy atom. The van der Waals surface area contributed by atoms with Gasteiger partial charge < -0.3 is 4.90 Å². The lowest BCUT2D eigenvalue weighted by molar-refractivity contribution is -0.132. The number of nitrogens with one attached hydrogen (secondary N) is 1. The number of nitrogens with zero attached hydrogens (tertiary/aromatic N) is 1. The quantitative estimate of drug-likeness (QED) is 0.837. The maximum absolute atomic E-state index is 12.4. The molecule has 1 heterocycles. The summed E-state index contributed by atoms with van der Waals surface area (Å²) in [5, 5.41) is 3.47. The molecule has 3 heteroatoms. The molecule has 0 aromatic rings. The van der Waals surface area contributed by atoms with E-state index in [1.165, 1.54) is 12.8 Å². The van der Waals surface area contributed by atoms with Crippen LogP contribution in [0.15, 0.2) is 0 Å². The molecule has 2 aliphatic rings. The minimum Gasteiger partial charge on any atom is -0.323 e. The fourth-order valence-electron chi connectivity index (χ4n) is 3.52. The van der Waals surface area contributed by atoms with Crippen LogP contribution in [-0.4, -0.2) is 29.1 Å². The van der Waals surface area contributed by atoms with Crippen LogP contribution in [0, 0.1) is 11.3 Å². The van der Waals surface area contributed by atoms with Crippen LogP contribution in [0.25, 0.3) is 0 Å². The van der Waals surface area contributed by atoms with Crippen LogP contribution < -0.4 is 5.32 Å². The van der Waals surface area contributed by atoms with Crippen molar-refractivity contribution in [2.24, 2.45) is 11.3 Å². The molecule has 1 amide bonds. The van der Waals surface area contributed by atoms with Gasteiger partial charge in [0.1, 0.15) is 0 Å². The van der Waals surface area contributed by atoms with Gasteiger partial charge in [0.2, 0.25) is 5.91 Å². The van der Waals surface area contributed by atoms with Crippen LogP contribution in [0.2, 0.25) is 0 Å². The van der Waals surface area contributed by atoms with Gasteiger partial charge in [0.25, 0.3) is 0 Å². The van der Waals surface area contributed by atoms with E-state index in [9.17, 15) is 4.79 Å². The third kappa shape index (κ3) is 2.71. The lowest BCUT2D eigenvalue weighted by Gasteiger charge is -2.32. The van der Waals surface area contributed by atoms with E-state index in [1.807, 2.05) is 6.92 Å². The van der Waals surface area contributed by atoms with Crippen LogP contribution in [0.1, 0.15) is 60.3 Å². The molecular weight excluding hydrogens is 224 g/mol. The number of hydrogen-bond donors (Lipinski definition) is 1. The molecule has 2 rings (SSSR count). The topological polar surface area (TPSA) is 32.3 Å². The monoisotopic (exact) mass is 252 g/mol. The number of hydrogen-bond acceptors (Lipinski definition) is 2. The average molecular weight is 252 g/mol. The Morgan fingerprint density at radius 3 is 2.61 bits per heavy atom. The van der Waals surface area contributed by atoms with Crippen LogP contribution in [0.3, 0.4) is 0 Å². The summed E-state index contributed by atoms with van der Waals surface area (Å²) in [4.78, 5) is 14.5. The Kier molecular flexibility index (Phi) is 3.72. The smallest absolute Gasteiger partial charge is 0.240 e.